The minimum atomic E-state index is -0.0558. The molecule has 0 saturated heterocycles. The van der Waals surface area contributed by atoms with Crippen LogP contribution in [0.15, 0.2) is 24.3 Å². The van der Waals surface area contributed by atoms with Gasteiger partial charge in [-0.05, 0) is 24.6 Å². The summed E-state index contributed by atoms with van der Waals surface area (Å²) in [6.07, 6.45) is 0. The number of carbonyl (C=O) groups excluding carboxylic acids is 1. The topological polar surface area (TPSA) is 67.2 Å². The fourth-order valence-electron chi connectivity index (χ4n) is 1.51. The summed E-state index contributed by atoms with van der Waals surface area (Å²) in [6.45, 7) is 4.98. The second-order valence-electron chi connectivity index (χ2n) is 3.77. The van der Waals surface area contributed by atoms with Crippen LogP contribution in [0.1, 0.15) is 25.5 Å². The van der Waals surface area contributed by atoms with Gasteiger partial charge in [-0.25, -0.2) is 0 Å². The predicted molar refractivity (Wildman–Crippen MR) is 66.2 cm³/mol. The van der Waals surface area contributed by atoms with Gasteiger partial charge in [-0.15, -0.1) is 0 Å². The number of hydrogen-bond acceptors (Lipinski definition) is 3. The van der Waals surface area contributed by atoms with Crippen LogP contribution >= 0.6 is 0 Å². The van der Waals surface area contributed by atoms with Crippen molar-refractivity contribution in [3.63, 3.8) is 0 Å². The number of nitrogens with one attached hydrogen (secondary N) is 2. The molecule has 0 heterocycles. The van der Waals surface area contributed by atoms with Gasteiger partial charge in [0.05, 0.1) is 0 Å². The summed E-state index contributed by atoms with van der Waals surface area (Å²) in [5.74, 6) is -0.0558. The normalized spacial score (nSPS) is 12.2. The van der Waals surface area contributed by atoms with Gasteiger partial charge in [-0.2, -0.15) is 0 Å². The average Bonchev–Trinajstić information content (AvgIpc) is 2.25. The highest BCUT2D eigenvalue weighted by Gasteiger charge is 2.04. The van der Waals surface area contributed by atoms with E-state index in [0.717, 1.165) is 17.8 Å². The van der Waals surface area contributed by atoms with Crippen molar-refractivity contribution in [3.8, 4) is 0 Å². The van der Waals surface area contributed by atoms with Crippen molar-refractivity contribution in [1.29, 1.82) is 0 Å². The lowest BCUT2D eigenvalue weighted by Gasteiger charge is -2.14. The van der Waals surface area contributed by atoms with E-state index in [0.29, 0.717) is 6.54 Å². The Bertz CT molecular complexity index is 352. The molecule has 0 radical (unpaired) electrons. The van der Waals surface area contributed by atoms with Crippen LogP contribution in [0.2, 0.25) is 0 Å². The summed E-state index contributed by atoms with van der Waals surface area (Å²) in [7, 11) is 0. The molecule has 0 aliphatic heterocycles. The van der Waals surface area contributed by atoms with Crippen molar-refractivity contribution in [3.05, 3.63) is 29.8 Å². The summed E-state index contributed by atoms with van der Waals surface area (Å²) in [6, 6.07) is 8.04. The Morgan fingerprint density at radius 1 is 1.50 bits per heavy atom. The van der Waals surface area contributed by atoms with Crippen molar-refractivity contribution in [2.45, 2.75) is 19.9 Å². The van der Waals surface area contributed by atoms with E-state index >= 15 is 0 Å². The number of carbonyl (C=O) groups is 1. The van der Waals surface area contributed by atoms with Gasteiger partial charge < -0.3 is 16.4 Å². The third-order valence-corrected chi connectivity index (χ3v) is 2.30. The summed E-state index contributed by atoms with van der Waals surface area (Å²) in [5.41, 5.74) is 7.40. The molecule has 0 spiro atoms. The van der Waals surface area contributed by atoms with Gasteiger partial charge in [0.1, 0.15) is 0 Å². The zero-order valence-electron chi connectivity index (χ0n) is 9.79. The molecule has 0 bridgehead atoms. The average molecular weight is 221 g/mol. The van der Waals surface area contributed by atoms with E-state index in [9.17, 15) is 4.79 Å². The molecule has 0 aromatic heterocycles. The van der Waals surface area contributed by atoms with Crippen LogP contribution in [-0.2, 0) is 4.79 Å². The first-order chi connectivity index (χ1) is 7.63. The van der Waals surface area contributed by atoms with E-state index < -0.39 is 0 Å². The number of rotatable bonds is 5. The largest absolute Gasteiger partial charge is 0.329 e. The first-order valence-corrected chi connectivity index (χ1v) is 5.44. The van der Waals surface area contributed by atoms with Gasteiger partial charge in [0, 0.05) is 31.7 Å². The third kappa shape index (κ3) is 4.00. The van der Waals surface area contributed by atoms with Gasteiger partial charge in [-0.1, -0.05) is 12.1 Å². The maximum Gasteiger partial charge on any atom is 0.221 e. The molecule has 0 saturated carbocycles. The fraction of sp³-hybridized carbons (Fsp3) is 0.417. The predicted octanol–water partition coefficient (Wildman–Crippen LogP) is 1.25. The molecule has 4 N–H and O–H groups in total. The molecule has 88 valence electrons. The van der Waals surface area contributed by atoms with Crippen LogP contribution in [-0.4, -0.2) is 19.0 Å². The first-order valence-electron chi connectivity index (χ1n) is 5.44. The van der Waals surface area contributed by atoms with Gasteiger partial charge in [-0.3, -0.25) is 4.79 Å². The minimum Gasteiger partial charge on any atom is -0.329 e. The molecule has 0 fully saturated rings. The minimum absolute atomic E-state index is 0.0558. The van der Waals surface area contributed by atoms with E-state index in [1.54, 1.807) is 0 Å². The van der Waals surface area contributed by atoms with Gasteiger partial charge in [0.2, 0.25) is 5.91 Å². The molecular formula is C12H19N3O. The zero-order valence-corrected chi connectivity index (χ0v) is 9.79. The van der Waals surface area contributed by atoms with Gasteiger partial charge >= 0.3 is 0 Å². The highest BCUT2D eigenvalue weighted by molar-refractivity contribution is 5.88. The van der Waals surface area contributed by atoms with E-state index in [1.807, 2.05) is 24.3 Å². The van der Waals surface area contributed by atoms with Gasteiger partial charge in [0.15, 0.2) is 0 Å². The lowest BCUT2D eigenvalue weighted by molar-refractivity contribution is -0.114. The zero-order chi connectivity index (χ0) is 12.0. The number of anilines is 1. The highest BCUT2D eigenvalue weighted by atomic mass is 16.1. The Labute approximate surface area is 96.2 Å². The van der Waals surface area contributed by atoms with Crippen molar-refractivity contribution in [2.75, 3.05) is 18.4 Å². The van der Waals surface area contributed by atoms with Crippen LogP contribution in [0, 0.1) is 0 Å². The van der Waals surface area contributed by atoms with Crippen molar-refractivity contribution >= 4 is 11.6 Å². The molecule has 1 aromatic carbocycles. The molecule has 1 atom stereocenters. The highest BCUT2D eigenvalue weighted by Crippen LogP contribution is 2.16. The molecule has 4 heteroatoms. The maximum absolute atomic E-state index is 10.9. The van der Waals surface area contributed by atoms with E-state index in [1.165, 1.54) is 6.92 Å². The van der Waals surface area contributed by atoms with E-state index in [-0.39, 0.29) is 11.9 Å². The quantitative estimate of drug-likeness (QED) is 0.701. The number of benzene rings is 1. The van der Waals surface area contributed by atoms with Crippen LogP contribution in [0.3, 0.4) is 0 Å². The van der Waals surface area contributed by atoms with Crippen LogP contribution < -0.4 is 16.4 Å². The lowest BCUT2D eigenvalue weighted by atomic mass is 10.1. The Morgan fingerprint density at radius 3 is 2.88 bits per heavy atom. The monoisotopic (exact) mass is 221 g/mol. The molecule has 0 aliphatic rings. The number of hydrogen-bond donors (Lipinski definition) is 3. The maximum atomic E-state index is 10.9. The first kappa shape index (κ1) is 12.7. The van der Waals surface area contributed by atoms with Crippen molar-refractivity contribution in [1.82, 2.24) is 5.32 Å². The fourth-order valence-corrected chi connectivity index (χ4v) is 1.51. The van der Waals surface area contributed by atoms with Crippen molar-refractivity contribution < 1.29 is 4.79 Å². The molecule has 1 unspecified atom stereocenters. The smallest absolute Gasteiger partial charge is 0.221 e. The lowest BCUT2D eigenvalue weighted by Crippen LogP contribution is -2.25. The second kappa shape index (κ2) is 6.25. The summed E-state index contributed by atoms with van der Waals surface area (Å²) in [4.78, 5) is 10.9. The molecular weight excluding hydrogens is 202 g/mol. The molecule has 0 aliphatic carbocycles. The second-order valence-corrected chi connectivity index (χ2v) is 3.77. The third-order valence-electron chi connectivity index (χ3n) is 2.30. The SMILES string of the molecule is CC(=O)Nc1cccc(C(C)NCCN)c1. The van der Waals surface area contributed by atoms with Crippen LogP contribution in [0.4, 0.5) is 5.69 Å². The molecule has 1 rings (SSSR count). The van der Waals surface area contributed by atoms with Gasteiger partial charge in [0.25, 0.3) is 0 Å². The Balaban J connectivity index is 2.69. The Morgan fingerprint density at radius 2 is 2.25 bits per heavy atom. The van der Waals surface area contributed by atoms with E-state index in [2.05, 4.69) is 17.6 Å². The standard InChI is InChI=1S/C12H19N3O/c1-9(14-7-6-13)11-4-3-5-12(8-11)15-10(2)16/h3-5,8-9,14H,6-7,13H2,1-2H3,(H,15,16). The Hall–Kier alpha value is -1.39. The summed E-state index contributed by atoms with van der Waals surface area (Å²) < 4.78 is 0. The molecule has 1 aromatic rings. The molecule has 16 heavy (non-hydrogen) atoms. The van der Waals surface area contributed by atoms with Crippen molar-refractivity contribution in [2.24, 2.45) is 5.73 Å². The van der Waals surface area contributed by atoms with Crippen LogP contribution in [0.25, 0.3) is 0 Å². The number of nitrogens with two attached hydrogens (primary N) is 1. The Kier molecular flexibility index (Phi) is 4.95. The summed E-state index contributed by atoms with van der Waals surface area (Å²) >= 11 is 0. The molecule has 1 amide bonds. The van der Waals surface area contributed by atoms with Crippen LogP contribution in [0.5, 0.6) is 0 Å². The van der Waals surface area contributed by atoms with E-state index in [4.69, 9.17) is 5.73 Å². The molecule has 4 nitrogen and oxygen atoms in total. The summed E-state index contributed by atoms with van der Waals surface area (Å²) in [5, 5.41) is 6.06. The number of amides is 1.